The Morgan fingerprint density at radius 1 is 1.00 bits per heavy atom. The van der Waals surface area contributed by atoms with Gasteiger partial charge >= 0.3 is 0 Å². The summed E-state index contributed by atoms with van der Waals surface area (Å²) in [4.78, 5) is 0. The molecule has 0 fully saturated rings. The van der Waals surface area contributed by atoms with E-state index < -0.39 is 11.6 Å². The first-order valence-electron chi connectivity index (χ1n) is 4.93. The fourth-order valence-electron chi connectivity index (χ4n) is 1.74. The van der Waals surface area contributed by atoms with E-state index in [1.165, 1.54) is 0 Å². The van der Waals surface area contributed by atoms with E-state index in [4.69, 9.17) is 0 Å². The predicted molar refractivity (Wildman–Crippen MR) is 62.8 cm³/mol. The van der Waals surface area contributed by atoms with Gasteiger partial charge in [-0.05, 0) is 5.56 Å². The first kappa shape index (κ1) is 10.3. The summed E-state index contributed by atoms with van der Waals surface area (Å²) in [6.45, 7) is 0. The van der Waals surface area contributed by atoms with Gasteiger partial charge in [-0.2, -0.15) is 8.75 Å². The molecule has 0 amide bonds. The van der Waals surface area contributed by atoms with Gasteiger partial charge in [0, 0.05) is 11.6 Å². The third kappa shape index (κ3) is 1.59. The highest BCUT2D eigenvalue weighted by Gasteiger charge is 2.17. The van der Waals surface area contributed by atoms with Crippen LogP contribution in [0.5, 0.6) is 0 Å². The van der Waals surface area contributed by atoms with Crippen LogP contribution in [0.1, 0.15) is 0 Å². The summed E-state index contributed by atoms with van der Waals surface area (Å²) in [5, 5.41) is 0. The van der Waals surface area contributed by atoms with E-state index in [2.05, 4.69) is 8.75 Å². The summed E-state index contributed by atoms with van der Waals surface area (Å²) < 4.78 is 35.2. The van der Waals surface area contributed by atoms with E-state index in [1.807, 2.05) is 6.07 Å². The van der Waals surface area contributed by atoms with Crippen molar-refractivity contribution in [1.29, 1.82) is 0 Å². The lowest BCUT2D eigenvalue weighted by molar-refractivity contribution is 0.513. The van der Waals surface area contributed by atoms with Gasteiger partial charge in [0.2, 0.25) is 0 Å². The number of halogens is 2. The van der Waals surface area contributed by atoms with E-state index in [-0.39, 0.29) is 5.56 Å². The Kier molecular flexibility index (Phi) is 2.33. The molecule has 0 saturated heterocycles. The lowest BCUT2D eigenvalue weighted by atomic mass is 10.0. The fourth-order valence-corrected chi connectivity index (χ4v) is 2.27. The van der Waals surface area contributed by atoms with Crippen molar-refractivity contribution < 1.29 is 8.78 Å². The van der Waals surface area contributed by atoms with E-state index in [1.54, 1.807) is 24.3 Å². The topological polar surface area (TPSA) is 25.8 Å². The van der Waals surface area contributed by atoms with E-state index >= 15 is 0 Å². The van der Waals surface area contributed by atoms with Crippen LogP contribution in [0, 0.1) is 11.6 Å². The summed E-state index contributed by atoms with van der Waals surface area (Å²) in [6, 6.07) is 9.86. The van der Waals surface area contributed by atoms with Gasteiger partial charge in [0.05, 0.1) is 11.7 Å². The summed E-state index contributed by atoms with van der Waals surface area (Å²) in [5.74, 6) is -1.78. The average molecular weight is 248 g/mol. The number of benzene rings is 2. The largest absolute Gasteiger partial charge is 0.204 e. The number of hydrogen-bond donors (Lipinski definition) is 0. The van der Waals surface area contributed by atoms with Crippen LogP contribution in [0.15, 0.2) is 36.4 Å². The zero-order valence-electron chi connectivity index (χ0n) is 8.52. The molecule has 2 nitrogen and oxygen atoms in total. The SMILES string of the molecule is Fc1cc2nsnc2c(-c2ccccc2)c1F. The van der Waals surface area contributed by atoms with Gasteiger partial charge in [0.15, 0.2) is 11.6 Å². The Morgan fingerprint density at radius 3 is 2.53 bits per heavy atom. The summed E-state index contributed by atoms with van der Waals surface area (Å²) in [6.07, 6.45) is 0. The molecule has 1 heterocycles. The number of aromatic nitrogens is 2. The standard InChI is InChI=1S/C12H6F2N2S/c13-8-6-9-12(16-17-15-9)10(11(8)14)7-4-2-1-3-5-7/h1-6H. The maximum atomic E-state index is 13.9. The second kappa shape index (κ2) is 3.85. The Morgan fingerprint density at radius 2 is 1.76 bits per heavy atom. The molecule has 1 aromatic heterocycles. The molecule has 17 heavy (non-hydrogen) atoms. The maximum absolute atomic E-state index is 13.9. The first-order chi connectivity index (χ1) is 8.27. The third-order valence-corrected chi connectivity index (χ3v) is 3.05. The molecule has 5 heteroatoms. The van der Waals surface area contributed by atoms with Gasteiger partial charge in [-0.25, -0.2) is 8.78 Å². The van der Waals surface area contributed by atoms with Crippen molar-refractivity contribution in [3.8, 4) is 11.1 Å². The Balaban J connectivity index is 2.42. The fraction of sp³-hybridized carbons (Fsp3) is 0. The zero-order chi connectivity index (χ0) is 11.8. The lowest BCUT2D eigenvalue weighted by Gasteiger charge is -2.04. The van der Waals surface area contributed by atoms with Gasteiger partial charge in [-0.3, -0.25) is 0 Å². The summed E-state index contributed by atoms with van der Waals surface area (Å²) in [7, 11) is 0. The molecule has 0 radical (unpaired) electrons. The maximum Gasteiger partial charge on any atom is 0.169 e. The van der Waals surface area contributed by atoms with Crippen molar-refractivity contribution in [2.45, 2.75) is 0 Å². The smallest absolute Gasteiger partial charge is 0.169 e. The second-order valence-electron chi connectivity index (χ2n) is 3.55. The highest BCUT2D eigenvalue weighted by atomic mass is 32.1. The molecule has 3 rings (SSSR count). The van der Waals surface area contributed by atoms with Gasteiger partial charge in [0.1, 0.15) is 11.0 Å². The first-order valence-corrected chi connectivity index (χ1v) is 5.66. The number of nitrogens with zero attached hydrogens (tertiary/aromatic N) is 2. The van der Waals surface area contributed by atoms with Crippen LogP contribution in [-0.4, -0.2) is 8.75 Å². The molecule has 0 spiro atoms. The van der Waals surface area contributed by atoms with Gasteiger partial charge < -0.3 is 0 Å². The van der Waals surface area contributed by atoms with Crippen LogP contribution in [0.3, 0.4) is 0 Å². The molecular weight excluding hydrogens is 242 g/mol. The van der Waals surface area contributed by atoms with Crippen LogP contribution in [-0.2, 0) is 0 Å². The molecule has 0 unspecified atom stereocenters. The van der Waals surface area contributed by atoms with E-state index in [0.29, 0.717) is 16.6 Å². The lowest BCUT2D eigenvalue weighted by Crippen LogP contribution is -1.91. The van der Waals surface area contributed by atoms with Crippen molar-refractivity contribution in [2.75, 3.05) is 0 Å². The molecule has 3 aromatic rings. The molecule has 0 N–H and O–H groups in total. The van der Waals surface area contributed by atoms with Crippen molar-refractivity contribution in [3.05, 3.63) is 48.0 Å². The minimum absolute atomic E-state index is 0.175. The molecule has 84 valence electrons. The average Bonchev–Trinajstić information content (AvgIpc) is 2.79. The Hall–Kier alpha value is -1.88. The van der Waals surface area contributed by atoms with E-state index in [9.17, 15) is 8.78 Å². The molecule has 0 saturated carbocycles. The molecule has 0 bridgehead atoms. The minimum Gasteiger partial charge on any atom is -0.204 e. The normalized spacial score (nSPS) is 10.9. The number of rotatable bonds is 1. The molecular formula is C12H6F2N2S. The number of hydrogen-bond acceptors (Lipinski definition) is 3. The van der Waals surface area contributed by atoms with Gasteiger partial charge in [-0.1, -0.05) is 30.3 Å². The molecule has 2 aromatic carbocycles. The molecule has 0 aliphatic rings. The number of fused-ring (bicyclic) bond motifs is 1. The monoisotopic (exact) mass is 248 g/mol. The highest BCUT2D eigenvalue weighted by molar-refractivity contribution is 7.00. The summed E-state index contributed by atoms with van der Waals surface area (Å²) in [5.41, 5.74) is 1.56. The van der Waals surface area contributed by atoms with Crippen molar-refractivity contribution in [1.82, 2.24) is 8.75 Å². The molecule has 0 aliphatic heterocycles. The van der Waals surface area contributed by atoms with Gasteiger partial charge in [0.25, 0.3) is 0 Å². The third-order valence-electron chi connectivity index (χ3n) is 2.51. The van der Waals surface area contributed by atoms with Crippen LogP contribution in [0.2, 0.25) is 0 Å². The predicted octanol–water partition coefficient (Wildman–Crippen LogP) is 3.64. The van der Waals surface area contributed by atoms with Crippen LogP contribution < -0.4 is 0 Å². The quantitative estimate of drug-likeness (QED) is 0.657. The highest BCUT2D eigenvalue weighted by Crippen LogP contribution is 2.31. The zero-order valence-corrected chi connectivity index (χ0v) is 9.34. The Labute approximate surface area is 99.9 Å². The van der Waals surface area contributed by atoms with Crippen molar-refractivity contribution in [2.24, 2.45) is 0 Å². The van der Waals surface area contributed by atoms with Crippen LogP contribution in [0.4, 0.5) is 8.78 Å². The molecule has 0 aliphatic carbocycles. The summed E-state index contributed by atoms with van der Waals surface area (Å²) >= 11 is 0.946. The van der Waals surface area contributed by atoms with Crippen molar-refractivity contribution >= 4 is 22.8 Å². The Bertz CT molecular complexity index is 680. The van der Waals surface area contributed by atoms with E-state index in [0.717, 1.165) is 17.8 Å². The minimum atomic E-state index is -0.899. The van der Waals surface area contributed by atoms with Crippen LogP contribution in [0.25, 0.3) is 22.2 Å². The second-order valence-corrected chi connectivity index (χ2v) is 4.07. The molecule has 0 atom stereocenters. The van der Waals surface area contributed by atoms with Crippen molar-refractivity contribution in [3.63, 3.8) is 0 Å². The van der Waals surface area contributed by atoms with Crippen LogP contribution >= 0.6 is 11.7 Å². The van der Waals surface area contributed by atoms with Gasteiger partial charge in [-0.15, -0.1) is 0 Å².